The van der Waals surface area contributed by atoms with Crippen LogP contribution in [-0.2, 0) is 0 Å². The number of carbonyl (C=O) groups is 1. The molecule has 1 saturated heterocycles. The maximum atomic E-state index is 12.2. The molecule has 0 aliphatic carbocycles. The van der Waals surface area contributed by atoms with Gasteiger partial charge < -0.3 is 15.0 Å². The van der Waals surface area contributed by atoms with Gasteiger partial charge in [-0.3, -0.25) is 0 Å². The van der Waals surface area contributed by atoms with Gasteiger partial charge in [0.2, 0.25) is 0 Å². The van der Waals surface area contributed by atoms with Gasteiger partial charge in [0, 0.05) is 18.8 Å². The van der Waals surface area contributed by atoms with Crippen molar-refractivity contribution in [3.05, 3.63) is 23.8 Å². The van der Waals surface area contributed by atoms with Gasteiger partial charge in [-0.25, -0.2) is 4.79 Å². The summed E-state index contributed by atoms with van der Waals surface area (Å²) in [5, 5.41) is 11.7. The lowest BCUT2D eigenvalue weighted by atomic mass is 10.2. The first-order valence-corrected chi connectivity index (χ1v) is 7.69. The van der Waals surface area contributed by atoms with Gasteiger partial charge in [-0.1, -0.05) is 12.8 Å². The Morgan fingerprint density at radius 2 is 1.92 bits per heavy atom. The van der Waals surface area contributed by atoms with Crippen LogP contribution >= 0.6 is 0 Å². The van der Waals surface area contributed by atoms with Gasteiger partial charge in [0.1, 0.15) is 11.8 Å². The quantitative estimate of drug-likeness (QED) is 0.906. The van der Waals surface area contributed by atoms with E-state index in [9.17, 15) is 18.0 Å². The Hall–Kier alpha value is -2.43. The molecule has 0 radical (unpaired) electrons. The molecular formula is C16H18F3N3O2. The van der Waals surface area contributed by atoms with Gasteiger partial charge in [0.25, 0.3) is 0 Å². The van der Waals surface area contributed by atoms with E-state index in [1.807, 2.05) is 0 Å². The summed E-state index contributed by atoms with van der Waals surface area (Å²) in [6.45, 7) is -0.130. The Bertz CT molecular complexity index is 618. The summed E-state index contributed by atoms with van der Waals surface area (Å²) in [5.41, 5.74) is 0.285. The van der Waals surface area contributed by atoms with E-state index in [1.54, 1.807) is 11.0 Å². The van der Waals surface area contributed by atoms with Crippen molar-refractivity contribution in [1.82, 2.24) is 4.90 Å². The zero-order chi connectivity index (χ0) is 17.6. The fourth-order valence-electron chi connectivity index (χ4n) is 2.46. The number of urea groups is 1. The highest BCUT2D eigenvalue weighted by Crippen LogP contribution is 2.25. The second kappa shape index (κ2) is 7.90. The van der Waals surface area contributed by atoms with Crippen molar-refractivity contribution in [2.75, 3.05) is 25.0 Å². The number of nitriles is 1. The normalized spacial score (nSPS) is 15.3. The third-order valence-corrected chi connectivity index (χ3v) is 3.64. The van der Waals surface area contributed by atoms with Crippen LogP contribution in [0.5, 0.6) is 5.75 Å². The van der Waals surface area contributed by atoms with Crippen LogP contribution in [-0.4, -0.2) is 36.8 Å². The minimum absolute atomic E-state index is 0.0621. The minimum atomic E-state index is -4.48. The summed E-state index contributed by atoms with van der Waals surface area (Å²) in [6.07, 6.45) is -0.407. The highest BCUT2D eigenvalue weighted by Gasteiger charge is 2.29. The number of hydrogen-bond acceptors (Lipinski definition) is 3. The Labute approximate surface area is 138 Å². The van der Waals surface area contributed by atoms with Crippen LogP contribution in [0.1, 0.15) is 31.2 Å². The van der Waals surface area contributed by atoms with Gasteiger partial charge in [-0.2, -0.15) is 18.4 Å². The number of anilines is 1. The second-order valence-corrected chi connectivity index (χ2v) is 5.56. The Morgan fingerprint density at radius 1 is 1.25 bits per heavy atom. The van der Waals surface area contributed by atoms with E-state index in [0.29, 0.717) is 18.8 Å². The fourth-order valence-corrected chi connectivity index (χ4v) is 2.46. The molecule has 0 unspecified atom stereocenters. The van der Waals surface area contributed by atoms with Crippen LogP contribution in [0, 0.1) is 11.3 Å². The van der Waals surface area contributed by atoms with Crippen LogP contribution < -0.4 is 10.1 Å². The van der Waals surface area contributed by atoms with Crippen LogP contribution in [0.15, 0.2) is 18.2 Å². The topological polar surface area (TPSA) is 65.4 Å². The number of halogens is 3. The molecule has 1 aliphatic heterocycles. The molecule has 1 fully saturated rings. The second-order valence-electron chi connectivity index (χ2n) is 5.56. The van der Waals surface area contributed by atoms with Gasteiger partial charge in [0.05, 0.1) is 5.56 Å². The molecule has 1 aromatic rings. The molecule has 1 N–H and O–H groups in total. The predicted octanol–water partition coefficient (Wildman–Crippen LogP) is 3.91. The summed E-state index contributed by atoms with van der Waals surface area (Å²) in [6, 6.07) is 5.48. The highest BCUT2D eigenvalue weighted by atomic mass is 19.4. The number of nitrogens with zero attached hydrogens (tertiary/aromatic N) is 2. The Kier molecular flexibility index (Phi) is 5.90. The lowest BCUT2D eigenvalue weighted by molar-refractivity contribution is -0.153. The maximum absolute atomic E-state index is 12.2. The molecule has 24 heavy (non-hydrogen) atoms. The standard InChI is InChI=1S/C16H18F3N3O2/c17-16(18,19)11-24-14-6-5-13(9-12(14)10-20)21-15(23)22-7-3-1-2-4-8-22/h5-6,9H,1-4,7-8,11H2,(H,21,23). The van der Waals surface area contributed by atoms with E-state index in [-0.39, 0.29) is 17.3 Å². The number of carbonyl (C=O) groups excluding carboxylic acids is 1. The molecule has 1 aromatic carbocycles. The molecule has 8 heteroatoms. The molecular weight excluding hydrogens is 323 g/mol. The summed E-state index contributed by atoms with van der Waals surface area (Å²) in [5.74, 6) is -0.164. The number of hydrogen-bond donors (Lipinski definition) is 1. The minimum Gasteiger partial charge on any atom is -0.483 e. The van der Waals surface area contributed by atoms with E-state index in [1.165, 1.54) is 18.2 Å². The van der Waals surface area contributed by atoms with Gasteiger partial charge in [-0.15, -0.1) is 0 Å². The first-order chi connectivity index (χ1) is 11.4. The monoisotopic (exact) mass is 341 g/mol. The van der Waals surface area contributed by atoms with Crippen molar-refractivity contribution in [2.45, 2.75) is 31.9 Å². The first kappa shape index (κ1) is 17.9. The van der Waals surface area contributed by atoms with Gasteiger partial charge >= 0.3 is 12.2 Å². The predicted molar refractivity (Wildman–Crippen MR) is 81.8 cm³/mol. The van der Waals surface area contributed by atoms with E-state index < -0.39 is 12.8 Å². The number of ether oxygens (including phenoxy) is 1. The molecule has 2 rings (SSSR count). The van der Waals surface area contributed by atoms with E-state index in [2.05, 4.69) is 10.1 Å². The van der Waals surface area contributed by atoms with Gasteiger partial charge in [-0.05, 0) is 31.0 Å². The molecule has 1 heterocycles. The molecule has 1 aliphatic rings. The molecule has 0 spiro atoms. The number of nitrogens with one attached hydrogen (secondary N) is 1. The van der Waals surface area contributed by atoms with Crippen LogP contribution in [0.4, 0.5) is 23.7 Å². The number of benzene rings is 1. The summed E-state index contributed by atoms with van der Waals surface area (Å²) in [4.78, 5) is 13.9. The molecule has 0 aromatic heterocycles. The third kappa shape index (κ3) is 5.33. The van der Waals surface area contributed by atoms with Crippen molar-refractivity contribution >= 4 is 11.7 Å². The van der Waals surface area contributed by atoms with Crippen molar-refractivity contribution in [3.63, 3.8) is 0 Å². The SMILES string of the molecule is N#Cc1cc(NC(=O)N2CCCCCC2)ccc1OCC(F)(F)F. The summed E-state index contributed by atoms with van der Waals surface area (Å²) in [7, 11) is 0. The molecule has 130 valence electrons. The third-order valence-electron chi connectivity index (χ3n) is 3.64. The molecule has 0 saturated carbocycles. The van der Waals surface area contributed by atoms with E-state index in [4.69, 9.17) is 5.26 Å². The average Bonchev–Trinajstić information content (AvgIpc) is 2.82. The van der Waals surface area contributed by atoms with E-state index >= 15 is 0 Å². The van der Waals surface area contributed by atoms with Crippen LogP contribution in [0.3, 0.4) is 0 Å². The summed E-state index contributed by atoms with van der Waals surface area (Å²) >= 11 is 0. The Morgan fingerprint density at radius 3 is 2.50 bits per heavy atom. The van der Waals surface area contributed by atoms with Crippen LogP contribution in [0.2, 0.25) is 0 Å². The largest absolute Gasteiger partial charge is 0.483 e. The zero-order valence-electron chi connectivity index (χ0n) is 13.0. The van der Waals surface area contributed by atoms with Crippen molar-refractivity contribution < 1.29 is 22.7 Å². The summed E-state index contributed by atoms with van der Waals surface area (Å²) < 4.78 is 41.2. The molecule has 5 nitrogen and oxygen atoms in total. The number of rotatable bonds is 3. The number of alkyl halides is 3. The van der Waals surface area contributed by atoms with Crippen LogP contribution in [0.25, 0.3) is 0 Å². The van der Waals surface area contributed by atoms with Gasteiger partial charge in [0.15, 0.2) is 6.61 Å². The Balaban J connectivity index is 2.03. The van der Waals surface area contributed by atoms with Crippen molar-refractivity contribution in [2.24, 2.45) is 0 Å². The molecule has 0 atom stereocenters. The van der Waals surface area contributed by atoms with Crippen molar-refractivity contribution in [1.29, 1.82) is 5.26 Å². The lowest BCUT2D eigenvalue weighted by Gasteiger charge is -2.21. The number of likely N-dealkylation sites (tertiary alicyclic amines) is 1. The maximum Gasteiger partial charge on any atom is 0.422 e. The smallest absolute Gasteiger partial charge is 0.422 e. The van der Waals surface area contributed by atoms with Crippen molar-refractivity contribution in [3.8, 4) is 11.8 Å². The molecule has 2 amide bonds. The zero-order valence-corrected chi connectivity index (χ0v) is 13.0. The van der Waals surface area contributed by atoms with E-state index in [0.717, 1.165) is 25.7 Å². The number of amides is 2. The first-order valence-electron chi connectivity index (χ1n) is 7.69. The fraction of sp³-hybridized carbons (Fsp3) is 0.500. The molecule has 0 bridgehead atoms. The lowest BCUT2D eigenvalue weighted by Crippen LogP contribution is -2.35. The highest BCUT2D eigenvalue weighted by molar-refractivity contribution is 5.89. The average molecular weight is 341 g/mol.